The summed E-state index contributed by atoms with van der Waals surface area (Å²) < 4.78 is 5.21. The first kappa shape index (κ1) is 9.96. The molecular formula is C8H12ClNOS. The molecule has 4 heteroatoms. The van der Waals surface area contributed by atoms with E-state index in [2.05, 4.69) is 4.98 Å². The number of hydrogen-bond acceptors (Lipinski definition) is 3. The van der Waals surface area contributed by atoms with Crippen LogP contribution < -0.4 is 0 Å². The summed E-state index contributed by atoms with van der Waals surface area (Å²) in [5, 5.41) is 1.11. The van der Waals surface area contributed by atoms with Gasteiger partial charge in [0.2, 0.25) is 0 Å². The monoisotopic (exact) mass is 205 g/mol. The summed E-state index contributed by atoms with van der Waals surface area (Å²) in [6.07, 6.45) is 2.73. The summed E-state index contributed by atoms with van der Waals surface area (Å²) in [5.41, 5.74) is 0. The molecule has 0 atom stereocenters. The molecule has 68 valence electrons. The molecular weight excluding hydrogens is 194 g/mol. The molecule has 0 spiro atoms. The molecule has 0 aliphatic heterocycles. The molecule has 0 saturated carbocycles. The third kappa shape index (κ3) is 3.09. The Kier molecular flexibility index (Phi) is 4.58. The Labute approximate surface area is 81.5 Å². The van der Waals surface area contributed by atoms with Crippen LogP contribution in [0.2, 0.25) is 0 Å². The molecule has 0 saturated heterocycles. The number of thiazole rings is 1. The van der Waals surface area contributed by atoms with Gasteiger partial charge >= 0.3 is 0 Å². The number of alkyl halides is 1. The van der Waals surface area contributed by atoms with E-state index in [1.807, 2.05) is 13.1 Å². The van der Waals surface area contributed by atoms with Crippen LogP contribution in [-0.2, 0) is 17.0 Å². The lowest BCUT2D eigenvalue weighted by molar-refractivity contribution is 0.151. The molecule has 1 rings (SSSR count). The number of halogens is 1. The van der Waals surface area contributed by atoms with Gasteiger partial charge in [-0.25, -0.2) is 4.98 Å². The maximum atomic E-state index is 5.64. The van der Waals surface area contributed by atoms with E-state index >= 15 is 0 Å². The van der Waals surface area contributed by atoms with E-state index in [4.69, 9.17) is 16.3 Å². The lowest BCUT2D eigenvalue weighted by atomic mass is 10.5. The largest absolute Gasteiger partial charge is 0.381 e. The van der Waals surface area contributed by atoms with Crippen LogP contribution >= 0.6 is 22.9 Å². The average molecular weight is 206 g/mol. The molecule has 0 amide bonds. The summed E-state index contributed by atoms with van der Waals surface area (Å²) in [4.78, 5) is 5.34. The van der Waals surface area contributed by atoms with Gasteiger partial charge in [0.05, 0.1) is 17.5 Å². The lowest BCUT2D eigenvalue weighted by Gasteiger charge is -1.96. The fraction of sp³-hybridized carbons (Fsp3) is 0.625. The van der Waals surface area contributed by atoms with Crippen molar-refractivity contribution in [3.05, 3.63) is 16.1 Å². The van der Waals surface area contributed by atoms with Crippen molar-refractivity contribution in [2.75, 3.05) is 13.2 Å². The van der Waals surface area contributed by atoms with Gasteiger partial charge in [-0.2, -0.15) is 0 Å². The summed E-state index contributed by atoms with van der Waals surface area (Å²) in [7, 11) is 0. The second-order valence-electron chi connectivity index (χ2n) is 2.30. The zero-order valence-corrected chi connectivity index (χ0v) is 8.62. The van der Waals surface area contributed by atoms with E-state index in [0.717, 1.165) is 29.5 Å². The predicted octanol–water partition coefficient (Wildman–Crippen LogP) is 2.46. The minimum atomic E-state index is 0.562. The van der Waals surface area contributed by atoms with Crippen LogP contribution in [0.4, 0.5) is 0 Å². The molecule has 0 unspecified atom stereocenters. The topological polar surface area (TPSA) is 22.1 Å². The molecule has 0 radical (unpaired) electrons. The number of ether oxygens (including phenoxy) is 1. The summed E-state index contributed by atoms with van der Waals surface area (Å²) in [6, 6.07) is 0. The van der Waals surface area contributed by atoms with Crippen LogP contribution in [0.25, 0.3) is 0 Å². The maximum Gasteiger partial charge on any atom is 0.0951 e. The average Bonchev–Trinajstić information content (AvgIpc) is 2.53. The first-order valence-corrected chi connectivity index (χ1v) is 5.29. The fourth-order valence-corrected chi connectivity index (χ4v) is 1.82. The second kappa shape index (κ2) is 5.51. The Balaban J connectivity index is 2.31. The molecule has 0 N–H and O–H groups in total. The van der Waals surface area contributed by atoms with Gasteiger partial charge in [0.1, 0.15) is 0 Å². The van der Waals surface area contributed by atoms with Crippen molar-refractivity contribution in [3.8, 4) is 0 Å². The van der Waals surface area contributed by atoms with Crippen LogP contribution in [-0.4, -0.2) is 18.2 Å². The van der Waals surface area contributed by atoms with Gasteiger partial charge in [-0.3, -0.25) is 0 Å². The molecule has 0 fully saturated rings. The van der Waals surface area contributed by atoms with Crippen molar-refractivity contribution in [2.24, 2.45) is 0 Å². The Hall–Kier alpha value is -0.120. The van der Waals surface area contributed by atoms with Crippen molar-refractivity contribution in [3.63, 3.8) is 0 Å². The highest BCUT2D eigenvalue weighted by atomic mass is 35.5. The minimum Gasteiger partial charge on any atom is -0.381 e. The van der Waals surface area contributed by atoms with Crippen molar-refractivity contribution in [2.45, 2.75) is 19.2 Å². The smallest absolute Gasteiger partial charge is 0.0951 e. The van der Waals surface area contributed by atoms with Crippen LogP contribution in [0.1, 0.15) is 16.8 Å². The van der Waals surface area contributed by atoms with Gasteiger partial charge in [-0.05, 0) is 6.92 Å². The quantitative estimate of drug-likeness (QED) is 0.544. The van der Waals surface area contributed by atoms with E-state index in [1.54, 1.807) is 11.3 Å². The molecule has 0 bridgehead atoms. The predicted molar refractivity (Wildman–Crippen MR) is 51.9 cm³/mol. The Morgan fingerprint density at radius 1 is 1.67 bits per heavy atom. The standard InChI is InChI=1S/C8H12ClNOS/c1-2-11-4-3-8-10-6-7(5-9)12-8/h6H,2-5H2,1H3. The number of aromatic nitrogens is 1. The zero-order chi connectivity index (χ0) is 8.81. The first-order valence-electron chi connectivity index (χ1n) is 3.94. The molecule has 0 aliphatic rings. The number of nitrogens with zero attached hydrogens (tertiary/aromatic N) is 1. The van der Waals surface area contributed by atoms with Gasteiger partial charge < -0.3 is 4.74 Å². The molecule has 2 nitrogen and oxygen atoms in total. The fourth-order valence-electron chi connectivity index (χ4n) is 0.829. The Morgan fingerprint density at radius 3 is 3.08 bits per heavy atom. The molecule has 12 heavy (non-hydrogen) atoms. The maximum absolute atomic E-state index is 5.64. The lowest BCUT2D eigenvalue weighted by Crippen LogP contribution is -1.96. The SMILES string of the molecule is CCOCCc1ncc(CCl)s1. The van der Waals surface area contributed by atoms with Gasteiger partial charge in [-0.1, -0.05) is 0 Å². The summed E-state index contributed by atoms with van der Waals surface area (Å²) >= 11 is 7.30. The zero-order valence-electron chi connectivity index (χ0n) is 7.05. The third-order valence-corrected chi connectivity index (χ3v) is 2.90. The van der Waals surface area contributed by atoms with Gasteiger partial charge in [0.25, 0.3) is 0 Å². The van der Waals surface area contributed by atoms with E-state index in [0.29, 0.717) is 5.88 Å². The van der Waals surface area contributed by atoms with Crippen molar-refractivity contribution in [1.82, 2.24) is 4.98 Å². The van der Waals surface area contributed by atoms with E-state index < -0.39 is 0 Å². The first-order chi connectivity index (χ1) is 5.86. The highest BCUT2D eigenvalue weighted by Crippen LogP contribution is 2.15. The van der Waals surface area contributed by atoms with Gasteiger partial charge in [0, 0.05) is 24.1 Å². The number of hydrogen-bond donors (Lipinski definition) is 0. The minimum absolute atomic E-state index is 0.562. The third-order valence-electron chi connectivity index (χ3n) is 1.40. The molecule has 0 aromatic carbocycles. The normalized spacial score (nSPS) is 10.5. The second-order valence-corrected chi connectivity index (χ2v) is 3.77. The van der Waals surface area contributed by atoms with Crippen LogP contribution in [0.3, 0.4) is 0 Å². The molecule has 1 aromatic heterocycles. The van der Waals surface area contributed by atoms with E-state index in [-0.39, 0.29) is 0 Å². The van der Waals surface area contributed by atoms with Gasteiger partial charge in [0.15, 0.2) is 0 Å². The van der Waals surface area contributed by atoms with E-state index in [9.17, 15) is 0 Å². The van der Waals surface area contributed by atoms with Gasteiger partial charge in [-0.15, -0.1) is 22.9 Å². The Morgan fingerprint density at radius 2 is 2.50 bits per heavy atom. The Bertz CT molecular complexity index is 227. The summed E-state index contributed by atoms with van der Waals surface area (Å²) in [5.74, 6) is 0.562. The van der Waals surface area contributed by atoms with Crippen LogP contribution in [0.15, 0.2) is 6.20 Å². The summed E-state index contributed by atoms with van der Waals surface area (Å²) in [6.45, 7) is 3.52. The molecule has 1 heterocycles. The van der Waals surface area contributed by atoms with Crippen LogP contribution in [0.5, 0.6) is 0 Å². The van der Waals surface area contributed by atoms with E-state index in [1.165, 1.54) is 0 Å². The van der Waals surface area contributed by atoms with Crippen LogP contribution in [0, 0.1) is 0 Å². The molecule has 1 aromatic rings. The highest BCUT2D eigenvalue weighted by molar-refractivity contribution is 7.11. The number of rotatable bonds is 5. The molecule has 0 aliphatic carbocycles. The van der Waals surface area contributed by atoms with Crippen molar-refractivity contribution >= 4 is 22.9 Å². The van der Waals surface area contributed by atoms with Crippen molar-refractivity contribution in [1.29, 1.82) is 0 Å². The highest BCUT2D eigenvalue weighted by Gasteiger charge is 1.99. The van der Waals surface area contributed by atoms with Crippen molar-refractivity contribution < 1.29 is 4.74 Å².